The molecule has 0 atom stereocenters. The summed E-state index contributed by atoms with van der Waals surface area (Å²) in [5, 5.41) is 22.7. The molecule has 0 saturated carbocycles. The zero-order valence-electron chi connectivity index (χ0n) is 8.45. The summed E-state index contributed by atoms with van der Waals surface area (Å²) in [6, 6.07) is 5.11. The molecule has 1 amide bonds. The molecule has 17 heavy (non-hydrogen) atoms. The molecule has 1 rings (SSSR count). The number of anilines is 1. The number of carboxylic acid groups (broad SMARTS) is 1. The van der Waals surface area contributed by atoms with Crippen molar-refractivity contribution in [2.75, 3.05) is 5.32 Å². The van der Waals surface area contributed by atoms with E-state index < -0.39 is 16.8 Å². The van der Waals surface area contributed by atoms with E-state index in [-0.39, 0.29) is 5.69 Å². The van der Waals surface area contributed by atoms with Gasteiger partial charge in [-0.25, -0.2) is 0 Å². The van der Waals surface area contributed by atoms with E-state index >= 15 is 0 Å². The van der Waals surface area contributed by atoms with Gasteiger partial charge in [0.2, 0.25) is 5.91 Å². The summed E-state index contributed by atoms with van der Waals surface area (Å²) in [7, 11) is 0. The molecule has 1 aromatic rings. The van der Waals surface area contributed by atoms with Gasteiger partial charge in [0.05, 0.1) is 10.9 Å². The molecule has 0 radical (unpaired) electrons. The van der Waals surface area contributed by atoms with Crippen molar-refractivity contribution in [3.8, 4) is 0 Å². The van der Waals surface area contributed by atoms with Crippen LogP contribution in [-0.4, -0.2) is 16.8 Å². The van der Waals surface area contributed by atoms with Gasteiger partial charge >= 0.3 is 0 Å². The largest absolute Gasteiger partial charge is 0.545 e. The molecule has 7 nitrogen and oxygen atoms in total. The lowest BCUT2D eigenvalue weighted by Crippen LogP contribution is -2.20. The zero-order valence-corrected chi connectivity index (χ0v) is 8.45. The van der Waals surface area contributed by atoms with Crippen molar-refractivity contribution in [1.82, 2.24) is 0 Å². The number of aliphatic carboxylic acids is 1. The third-order valence-corrected chi connectivity index (χ3v) is 1.72. The number of hydrogen-bond acceptors (Lipinski definition) is 5. The van der Waals surface area contributed by atoms with E-state index in [1.165, 1.54) is 24.3 Å². The SMILES string of the molecule is O=C([O-])C=CC(=O)Nc1ccc([N+](=O)[O-])cc1. The number of carbonyl (C=O) groups excluding carboxylic acids is 2. The van der Waals surface area contributed by atoms with Crippen molar-refractivity contribution in [3.63, 3.8) is 0 Å². The molecular weight excluding hydrogens is 228 g/mol. The highest BCUT2D eigenvalue weighted by atomic mass is 16.6. The number of rotatable bonds is 4. The highest BCUT2D eigenvalue weighted by molar-refractivity contribution is 6.02. The molecule has 88 valence electrons. The van der Waals surface area contributed by atoms with Gasteiger partial charge in [-0.05, 0) is 18.2 Å². The van der Waals surface area contributed by atoms with Crippen LogP contribution in [0.2, 0.25) is 0 Å². The summed E-state index contributed by atoms with van der Waals surface area (Å²) in [6.07, 6.45) is 1.37. The average Bonchev–Trinajstić information content (AvgIpc) is 2.27. The predicted octanol–water partition coefficient (Wildman–Crippen LogP) is -0.161. The molecule has 0 unspecified atom stereocenters. The lowest BCUT2D eigenvalue weighted by molar-refractivity contribution is -0.384. The van der Waals surface area contributed by atoms with Gasteiger partial charge in [-0.3, -0.25) is 14.9 Å². The maximum absolute atomic E-state index is 11.1. The molecule has 0 heterocycles. The second-order valence-corrected chi connectivity index (χ2v) is 2.95. The topological polar surface area (TPSA) is 112 Å². The Kier molecular flexibility index (Phi) is 3.93. The lowest BCUT2D eigenvalue weighted by Gasteiger charge is -2.01. The quantitative estimate of drug-likeness (QED) is 0.442. The molecule has 0 saturated heterocycles. The third-order valence-electron chi connectivity index (χ3n) is 1.72. The van der Waals surface area contributed by atoms with Gasteiger partial charge in [-0.2, -0.15) is 0 Å². The number of nitro benzene ring substituents is 1. The first-order valence-electron chi connectivity index (χ1n) is 4.43. The molecule has 0 aromatic heterocycles. The van der Waals surface area contributed by atoms with Crippen LogP contribution in [0.25, 0.3) is 0 Å². The van der Waals surface area contributed by atoms with Gasteiger partial charge in [-0.1, -0.05) is 0 Å². The van der Waals surface area contributed by atoms with Gasteiger partial charge in [0.1, 0.15) is 0 Å². The molecular formula is C10H7N2O5-. The summed E-state index contributed by atoms with van der Waals surface area (Å²) in [4.78, 5) is 30.9. The zero-order chi connectivity index (χ0) is 12.8. The van der Waals surface area contributed by atoms with E-state index in [0.29, 0.717) is 11.8 Å². The second kappa shape index (κ2) is 5.40. The Labute approximate surface area is 95.5 Å². The van der Waals surface area contributed by atoms with Crippen molar-refractivity contribution in [1.29, 1.82) is 0 Å². The van der Waals surface area contributed by atoms with Crippen LogP contribution in [-0.2, 0) is 9.59 Å². The molecule has 1 aromatic carbocycles. The van der Waals surface area contributed by atoms with Gasteiger partial charge in [0.25, 0.3) is 5.69 Å². The standard InChI is InChI=1S/C10H8N2O5/c13-9(5-6-10(14)15)11-7-1-3-8(4-2-7)12(16)17/h1-6H,(H,11,13)(H,14,15)/p-1. The average molecular weight is 235 g/mol. The van der Waals surface area contributed by atoms with Crippen molar-refractivity contribution in [3.05, 3.63) is 46.5 Å². The minimum atomic E-state index is -1.48. The van der Waals surface area contributed by atoms with Gasteiger partial charge < -0.3 is 15.2 Å². The van der Waals surface area contributed by atoms with Crippen LogP contribution < -0.4 is 10.4 Å². The van der Waals surface area contributed by atoms with Crippen LogP contribution in [0.5, 0.6) is 0 Å². The molecule has 0 spiro atoms. The van der Waals surface area contributed by atoms with Crippen LogP contribution in [0, 0.1) is 10.1 Å². The molecule has 1 N–H and O–H groups in total. The van der Waals surface area contributed by atoms with E-state index in [4.69, 9.17) is 0 Å². The number of carbonyl (C=O) groups is 2. The van der Waals surface area contributed by atoms with E-state index in [0.717, 1.165) is 6.08 Å². The maximum Gasteiger partial charge on any atom is 0.269 e. The first-order chi connectivity index (χ1) is 7.99. The van der Waals surface area contributed by atoms with Crippen molar-refractivity contribution in [2.24, 2.45) is 0 Å². The van der Waals surface area contributed by atoms with Gasteiger partial charge in [0.15, 0.2) is 0 Å². The Bertz CT molecular complexity index is 478. The molecule has 7 heteroatoms. The first-order valence-corrected chi connectivity index (χ1v) is 4.43. The van der Waals surface area contributed by atoms with Crippen molar-refractivity contribution >= 4 is 23.3 Å². The summed E-state index contributed by atoms with van der Waals surface area (Å²) in [6.45, 7) is 0. The fourth-order valence-electron chi connectivity index (χ4n) is 0.994. The molecule has 0 fully saturated rings. The van der Waals surface area contributed by atoms with Crippen molar-refractivity contribution < 1.29 is 19.6 Å². The number of benzene rings is 1. The predicted molar refractivity (Wildman–Crippen MR) is 55.9 cm³/mol. The van der Waals surface area contributed by atoms with Crippen LogP contribution in [0.3, 0.4) is 0 Å². The van der Waals surface area contributed by atoms with Crippen LogP contribution in [0.1, 0.15) is 0 Å². The van der Waals surface area contributed by atoms with Crippen molar-refractivity contribution in [2.45, 2.75) is 0 Å². The van der Waals surface area contributed by atoms with Crippen LogP contribution >= 0.6 is 0 Å². The Hall–Kier alpha value is -2.70. The number of carboxylic acids is 1. The van der Waals surface area contributed by atoms with E-state index in [1.807, 2.05) is 0 Å². The van der Waals surface area contributed by atoms with Crippen LogP contribution in [0.4, 0.5) is 11.4 Å². The molecule has 0 aliphatic carbocycles. The highest BCUT2D eigenvalue weighted by Crippen LogP contribution is 2.15. The van der Waals surface area contributed by atoms with E-state index in [9.17, 15) is 24.8 Å². The van der Waals surface area contributed by atoms with E-state index in [1.54, 1.807) is 0 Å². The Balaban J connectivity index is 2.66. The van der Waals surface area contributed by atoms with Gasteiger partial charge in [0, 0.05) is 23.9 Å². The normalized spacial score (nSPS) is 10.1. The Morgan fingerprint density at radius 1 is 1.18 bits per heavy atom. The van der Waals surface area contributed by atoms with E-state index in [2.05, 4.69) is 5.32 Å². The number of hydrogen-bond donors (Lipinski definition) is 1. The number of nitro groups is 1. The third kappa shape index (κ3) is 4.12. The Morgan fingerprint density at radius 3 is 2.24 bits per heavy atom. The molecule has 0 aliphatic heterocycles. The minimum absolute atomic E-state index is 0.103. The molecule has 0 aliphatic rings. The van der Waals surface area contributed by atoms with Crippen LogP contribution in [0.15, 0.2) is 36.4 Å². The lowest BCUT2D eigenvalue weighted by atomic mass is 10.3. The summed E-state index contributed by atoms with van der Waals surface area (Å²) in [5.74, 6) is -2.15. The number of nitrogens with one attached hydrogen (secondary N) is 1. The maximum atomic E-state index is 11.1. The minimum Gasteiger partial charge on any atom is -0.545 e. The fraction of sp³-hybridized carbons (Fsp3) is 0. The number of nitrogens with zero attached hydrogens (tertiary/aromatic N) is 1. The number of non-ortho nitro benzene ring substituents is 1. The number of amides is 1. The Morgan fingerprint density at radius 2 is 1.76 bits per heavy atom. The first kappa shape index (κ1) is 12.4. The second-order valence-electron chi connectivity index (χ2n) is 2.95. The molecule has 0 bridgehead atoms. The monoisotopic (exact) mass is 235 g/mol. The summed E-state index contributed by atoms with van der Waals surface area (Å²) < 4.78 is 0. The fourth-order valence-corrected chi connectivity index (χ4v) is 0.994. The summed E-state index contributed by atoms with van der Waals surface area (Å²) >= 11 is 0. The highest BCUT2D eigenvalue weighted by Gasteiger charge is 2.04. The van der Waals surface area contributed by atoms with Gasteiger partial charge in [-0.15, -0.1) is 0 Å². The smallest absolute Gasteiger partial charge is 0.269 e. The summed E-state index contributed by atoms with van der Waals surface area (Å²) in [5.41, 5.74) is 0.219.